The maximum absolute atomic E-state index is 5.28. The Labute approximate surface area is 69.9 Å². The quantitative estimate of drug-likeness (QED) is 0.421. The van der Waals surface area contributed by atoms with Crippen LogP contribution in [-0.2, 0) is 8.85 Å². The Kier molecular flexibility index (Phi) is 6.78. The molecule has 11 heavy (non-hydrogen) atoms. The molecule has 0 aromatic carbocycles. The number of hydrogen-bond acceptors (Lipinski definition) is 4. The molecule has 0 bridgehead atoms. The van der Waals surface area contributed by atoms with E-state index in [0.29, 0.717) is 12.2 Å². The lowest BCUT2D eigenvalue weighted by molar-refractivity contribution is 0.266. The SMILES string of the molecule is CO[SiH](OC)C(C)CNCN. The maximum Gasteiger partial charge on any atom is 0.325 e. The highest BCUT2D eigenvalue weighted by molar-refractivity contribution is 6.46. The zero-order valence-electron chi connectivity index (χ0n) is 7.46. The Morgan fingerprint density at radius 2 is 2.00 bits per heavy atom. The molecule has 0 saturated carbocycles. The monoisotopic (exact) mass is 178 g/mol. The van der Waals surface area contributed by atoms with Gasteiger partial charge in [0.2, 0.25) is 0 Å². The predicted molar refractivity (Wildman–Crippen MR) is 47.6 cm³/mol. The molecule has 0 fully saturated rings. The number of rotatable bonds is 6. The third-order valence-electron chi connectivity index (χ3n) is 1.54. The van der Waals surface area contributed by atoms with Crippen LogP contribution in [0.1, 0.15) is 6.92 Å². The van der Waals surface area contributed by atoms with Gasteiger partial charge in [-0.15, -0.1) is 0 Å². The minimum absolute atomic E-state index is 0.452. The average Bonchev–Trinajstić information content (AvgIpc) is 2.03. The fourth-order valence-electron chi connectivity index (χ4n) is 0.968. The summed E-state index contributed by atoms with van der Waals surface area (Å²) in [5.41, 5.74) is 5.73. The number of hydrogen-bond donors (Lipinski definition) is 2. The third kappa shape index (κ3) is 4.49. The van der Waals surface area contributed by atoms with Gasteiger partial charge in [-0.1, -0.05) is 6.92 Å². The summed E-state index contributed by atoms with van der Waals surface area (Å²) in [5, 5.41) is 3.05. The highest BCUT2D eigenvalue weighted by Gasteiger charge is 2.18. The van der Waals surface area contributed by atoms with Crippen molar-refractivity contribution in [1.82, 2.24) is 5.32 Å². The van der Waals surface area contributed by atoms with Crippen LogP contribution in [0.4, 0.5) is 0 Å². The number of nitrogens with two attached hydrogens (primary N) is 1. The largest absolute Gasteiger partial charge is 0.400 e. The van der Waals surface area contributed by atoms with Crippen molar-refractivity contribution >= 4 is 9.28 Å². The van der Waals surface area contributed by atoms with Crippen molar-refractivity contribution in [2.24, 2.45) is 5.73 Å². The van der Waals surface area contributed by atoms with Gasteiger partial charge in [-0.2, -0.15) is 0 Å². The van der Waals surface area contributed by atoms with Crippen LogP contribution >= 0.6 is 0 Å². The van der Waals surface area contributed by atoms with Gasteiger partial charge in [0.05, 0.1) is 0 Å². The minimum Gasteiger partial charge on any atom is -0.400 e. The first-order chi connectivity index (χ1) is 5.26. The first kappa shape index (κ1) is 11.1. The minimum atomic E-state index is -1.44. The van der Waals surface area contributed by atoms with Crippen molar-refractivity contribution in [2.75, 3.05) is 27.4 Å². The van der Waals surface area contributed by atoms with E-state index in [1.165, 1.54) is 0 Å². The summed E-state index contributed by atoms with van der Waals surface area (Å²) in [6.45, 7) is 3.49. The van der Waals surface area contributed by atoms with E-state index in [2.05, 4.69) is 12.2 Å². The van der Waals surface area contributed by atoms with Gasteiger partial charge in [0.25, 0.3) is 0 Å². The van der Waals surface area contributed by atoms with E-state index >= 15 is 0 Å². The molecule has 0 aliphatic carbocycles. The molecule has 1 unspecified atom stereocenters. The molecule has 0 spiro atoms. The highest BCUT2D eigenvalue weighted by Crippen LogP contribution is 2.07. The van der Waals surface area contributed by atoms with Crippen LogP contribution < -0.4 is 11.1 Å². The second-order valence-corrected chi connectivity index (χ2v) is 5.29. The molecule has 0 aromatic rings. The standard InChI is InChI=1S/C6H18N2O2Si/c1-6(4-8-5-7)11(9-2)10-3/h6,8,11H,4-5,7H2,1-3H3. The second-order valence-electron chi connectivity index (χ2n) is 2.48. The molecule has 3 N–H and O–H groups in total. The summed E-state index contributed by atoms with van der Waals surface area (Å²) < 4.78 is 10.4. The Bertz CT molecular complexity index is 90.7. The summed E-state index contributed by atoms with van der Waals surface area (Å²) in [4.78, 5) is 0. The smallest absolute Gasteiger partial charge is 0.325 e. The molecular formula is C6H18N2O2Si. The van der Waals surface area contributed by atoms with Crippen molar-refractivity contribution < 1.29 is 8.85 Å². The predicted octanol–water partition coefficient (Wildman–Crippen LogP) is -0.604. The molecule has 0 aromatic heterocycles. The van der Waals surface area contributed by atoms with Crippen LogP contribution in [0.25, 0.3) is 0 Å². The fraction of sp³-hybridized carbons (Fsp3) is 1.00. The van der Waals surface area contributed by atoms with Gasteiger partial charge >= 0.3 is 9.28 Å². The van der Waals surface area contributed by atoms with Crippen LogP contribution in [-0.4, -0.2) is 36.7 Å². The molecule has 0 saturated heterocycles. The van der Waals surface area contributed by atoms with Gasteiger partial charge in [0.15, 0.2) is 0 Å². The average molecular weight is 178 g/mol. The molecule has 68 valence electrons. The first-order valence-corrected chi connectivity index (χ1v) is 5.33. The van der Waals surface area contributed by atoms with E-state index in [1.54, 1.807) is 14.2 Å². The summed E-state index contributed by atoms with van der Waals surface area (Å²) in [7, 11) is 1.95. The van der Waals surface area contributed by atoms with Crippen molar-refractivity contribution in [3.05, 3.63) is 0 Å². The lowest BCUT2D eigenvalue weighted by Gasteiger charge is -2.18. The van der Waals surface area contributed by atoms with E-state index in [-0.39, 0.29) is 0 Å². The van der Waals surface area contributed by atoms with Crippen LogP contribution in [0.15, 0.2) is 0 Å². The molecule has 0 heterocycles. The van der Waals surface area contributed by atoms with Crippen LogP contribution in [0.3, 0.4) is 0 Å². The Hall–Kier alpha value is 0.0569. The molecule has 0 aliphatic heterocycles. The molecule has 0 amide bonds. The van der Waals surface area contributed by atoms with E-state index < -0.39 is 9.28 Å². The molecule has 5 heteroatoms. The lowest BCUT2D eigenvalue weighted by atomic mass is 10.5. The van der Waals surface area contributed by atoms with Gasteiger partial charge in [-0.25, -0.2) is 0 Å². The molecule has 0 rings (SSSR count). The zero-order valence-corrected chi connectivity index (χ0v) is 8.62. The Balaban J connectivity index is 3.51. The fourth-order valence-corrected chi connectivity index (χ4v) is 2.45. The topological polar surface area (TPSA) is 56.5 Å². The van der Waals surface area contributed by atoms with E-state index in [0.717, 1.165) is 6.54 Å². The first-order valence-electron chi connectivity index (χ1n) is 3.72. The molecule has 1 atom stereocenters. The second kappa shape index (κ2) is 6.75. The summed E-state index contributed by atoms with van der Waals surface area (Å²) >= 11 is 0. The van der Waals surface area contributed by atoms with Crippen molar-refractivity contribution in [3.63, 3.8) is 0 Å². The van der Waals surface area contributed by atoms with Gasteiger partial charge in [0.1, 0.15) is 0 Å². The normalized spacial score (nSPS) is 13.9. The lowest BCUT2D eigenvalue weighted by Crippen LogP contribution is -2.34. The van der Waals surface area contributed by atoms with Gasteiger partial charge in [0, 0.05) is 33.0 Å². The number of nitrogens with one attached hydrogen (secondary N) is 1. The molecule has 0 aliphatic rings. The maximum atomic E-state index is 5.28. The van der Waals surface area contributed by atoms with E-state index in [4.69, 9.17) is 14.6 Å². The van der Waals surface area contributed by atoms with Crippen LogP contribution in [0.5, 0.6) is 0 Å². The van der Waals surface area contributed by atoms with Crippen LogP contribution in [0, 0.1) is 0 Å². The molecule has 0 radical (unpaired) electrons. The summed E-state index contributed by atoms with van der Waals surface area (Å²) in [5.74, 6) is 0. The highest BCUT2D eigenvalue weighted by atomic mass is 28.3. The third-order valence-corrected chi connectivity index (χ3v) is 3.63. The van der Waals surface area contributed by atoms with Crippen molar-refractivity contribution in [3.8, 4) is 0 Å². The van der Waals surface area contributed by atoms with Gasteiger partial charge in [-0.05, 0) is 0 Å². The zero-order chi connectivity index (χ0) is 8.69. The van der Waals surface area contributed by atoms with Crippen LogP contribution in [0.2, 0.25) is 5.54 Å². The summed E-state index contributed by atoms with van der Waals surface area (Å²) in [6.07, 6.45) is 0. The van der Waals surface area contributed by atoms with Crippen molar-refractivity contribution in [2.45, 2.75) is 12.5 Å². The Morgan fingerprint density at radius 1 is 1.45 bits per heavy atom. The summed E-state index contributed by atoms with van der Waals surface area (Å²) in [6, 6.07) is 0. The van der Waals surface area contributed by atoms with Gasteiger partial charge < -0.3 is 19.9 Å². The molecule has 4 nitrogen and oxygen atoms in total. The Morgan fingerprint density at radius 3 is 2.36 bits per heavy atom. The van der Waals surface area contributed by atoms with Crippen molar-refractivity contribution in [1.29, 1.82) is 0 Å². The van der Waals surface area contributed by atoms with E-state index in [9.17, 15) is 0 Å². The van der Waals surface area contributed by atoms with Gasteiger partial charge in [-0.3, -0.25) is 0 Å². The molecular weight excluding hydrogens is 160 g/mol. The van der Waals surface area contributed by atoms with E-state index in [1.807, 2.05) is 0 Å².